The van der Waals surface area contributed by atoms with Crippen LogP contribution in [0.15, 0.2) is 41.3 Å². The predicted octanol–water partition coefficient (Wildman–Crippen LogP) is 6.30. The van der Waals surface area contributed by atoms with E-state index in [9.17, 15) is 4.79 Å². The van der Waals surface area contributed by atoms with Crippen molar-refractivity contribution in [1.82, 2.24) is 14.5 Å². The molecule has 1 atom stereocenters. The van der Waals surface area contributed by atoms with E-state index in [0.29, 0.717) is 26.2 Å². The fraction of sp³-hybridized carbons (Fsp3) is 0.286. The van der Waals surface area contributed by atoms with Crippen LogP contribution in [0.3, 0.4) is 0 Å². The van der Waals surface area contributed by atoms with E-state index in [1.807, 2.05) is 26.0 Å². The van der Waals surface area contributed by atoms with Crippen LogP contribution in [-0.4, -0.2) is 20.9 Å². The third-order valence-electron chi connectivity index (χ3n) is 4.74. The monoisotopic (exact) mass is 494 g/mol. The number of anilines is 1. The first-order valence-electron chi connectivity index (χ1n) is 9.10. The van der Waals surface area contributed by atoms with Gasteiger partial charge in [-0.25, -0.2) is 4.98 Å². The lowest BCUT2D eigenvalue weighted by molar-refractivity contribution is -0.107. The van der Waals surface area contributed by atoms with E-state index in [4.69, 9.17) is 23.2 Å². The van der Waals surface area contributed by atoms with Gasteiger partial charge in [-0.2, -0.15) is 0 Å². The average Bonchev–Trinajstić information content (AvgIpc) is 2.96. The summed E-state index contributed by atoms with van der Waals surface area (Å²) in [4.78, 5) is 23.2. The van der Waals surface area contributed by atoms with Crippen molar-refractivity contribution in [2.24, 2.45) is 0 Å². The van der Waals surface area contributed by atoms with E-state index in [1.54, 1.807) is 29.3 Å². The Morgan fingerprint density at radius 2 is 1.83 bits per heavy atom. The van der Waals surface area contributed by atoms with Gasteiger partial charge in [0.1, 0.15) is 6.04 Å². The lowest BCUT2D eigenvalue weighted by Gasteiger charge is -2.31. The molecule has 152 valence electrons. The van der Waals surface area contributed by atoms with Crippen molar-refractivity contribution in [1.29, 1.82) is 0 Å². The van der Waals surface area contributed by atoms with Crippen molar-refractivity contribution in [3.63, 3.8) is 0 Å². The first-order chi connectivity index (χ1) is 13.7. The molecule has 0 saturated carbocycles. The van der Waals surface area contributed by atoms with Crippen molar-refractivity contribution in [2.75, 3.05) is 4.90 Å². The van der Waals surface area contributed by atoms with Crippen molar-refractivity contribution >= 4 is 51.2 Å². The molecule has 8 heteroatoms. The minimum atomic E-state index is -0.511. The quantitative estimate of drug-likeness (QED) is 0.377. The summed E-state index contributed by atoms with van der Waals surface area (Å²) >= 11 is 15.9. The molecule has 3 aromatic rings. The number of benzene rings is 1. The van der Waals surface area contributed by atoms with E-state index < -0.39 is 6.04 Å². The Hall–Kier alpha value is -1.89. The molecule has 5 nitrogen and oxygen atoms in total. The second-order valence-corrected chi connectivity index (χ2v) is 8.64. The van der Waals surface area contributed by atoms with Crippen LogP contribution in [0.5, 0.6) is 0 Å². The topological polar surface area (TPSA) is 51.0 Å². The lowest BCUT2D eigenvalue weighted by atomic mass is 10.0. The molecule has 0 bridgehead atoms. The molecule has 1 amide bonds. The lowest BCUT2D eigenvalue weighted by Crippen LogP contribution is -2.32. The third kappa shape index (κ3) is 4.34. The summed E-state index contributed by atoms with van der Waals surface area (Å²) in [5, 5.41) is 1.08. The maximum Gasteiger partial charge on any atom is 0.215 e. The van der Waals surface area contributed by atoms with Crippen molar-refractivity contribution in [2.45, 2.75) is 39.8 Å². The maximum atomic E-state index is 12.4. The highest BCUT2D eigenvalue weighted by Crippen LogP contribution is 2.38. The molecule has 0 aliphatic carbocycles. The minimum Gasteiger partial charge on any atom is -0.318 e. The van der Waals surface area contributed by atoms with Crippen LogP contribution in [0.25, 0.3) is 0 Å². The van der Waals surface area contributed by atoms with Gasteiger partial charge in [0, 0.05) is 22.9 Å². The maximum absolute atomic E-state index is 12.4. The third-order valence-corrected chi connectivity index (χ3v) is 5.75. The zero-order chi connectivity index (χ0) is 21.3. The van der Waals surface area contributed by atoms with E-state index in [0.717, 1.165) is 23.4 Å². The highest BCUT2D eigenvalue weighted by Gasteiger charge is 2.32. The van der Waals surface area contributed by atoms with Crippen molar-refractivity contribution < 1.29 is 4.79 Å². The van der Waals surface area contributed by atoms with Gasteiger partial charge in [0.05, 0.1) is 22.1 Å². The smallest absolute Gasteiger partial charge is 0.215 e. The Morgan fingerprint density at radius 1 is 1.14 bits per heavy atom. The summed E-state index contributed by atoms with van der Waals surface area (Å²) in [5.74, 6) is 0. The first-order valence-corrected chi connectivity index (χ1v) is 10.6. The van der Waals surface area contributed by atoms with E-state index in [1.165, 1.54) is 0 Å². The molecular formula is C21H21BrCl2N4O. The molecule has 0 spiro atoms. The van der Waals surface area contributed by atoms with Gasteiger partial charge in [-0.05, 0) is 73.5 Å². The summed E-state index contributed by atoms with van der Waals surface area (Å²) in [5.41, 5.74) is 3.99. The molecule has 29 heavy (non-hydrogen) atoms. The normalized spacial score (nSPS) is 12.3. The zero-order valence-electron chi connectivity index (χ0n) is 16.5. The summed E-state index contributed by atoms with van der Waals surface area (Å²) < 4.78 is 2.76. The summed E-state index contributed by atoms with van der Waals surface area (Å²) in [6.45, 7) is 8.00. The number of hydrogen-bond acceptors (Lipinski definition) is 3. The van der Waals surface area contributed by atoms with Gasteiger partial charge in [0.25, 0.3) is 0 Å². The minimum absolute atomic E-state index is 0.115. The molecule has 0 aliphatic rings. The predicted molar refractivity (Wildman–Crippen MR) is 121 cm³/mol. The molecule has 0 aliphatic heterocycles. The highest BCUT2D eigenvalue weighted by atomic mass is 79.9. The molecule has 0 fully saturated rings. The second kappa shape index (κ2) is 8.86. The van der Waals surface area contributed by atoms with Gasteiger partial charge >= 0.3 is 0 Å². The van der Waals surface area contributed by atoms with E-state index in [-0.39, 0.29) is 6.04 Å². The van der Waals surface area contributed by atoms with Crippen molar-refractivity contribution in [3.8, 4) is 0 Å². The molecule has 2 aromatic heterocycles. The number of aryl methyl sites for hydroxylation is 2. The number of carbonyl (C=O) groups is 1. The van der Waals surface area contributed by atoms with Gasteiger partial charge in [-0.3, -0.25) is 14.7 Å². The summed E-state index contributed by atoms with van der Waals surface area (Å²) in [6, 6.07) is 8.68. The number of nitrogens with zero attached hydrogens (tertiary/aromatic N) is 4. The van der Waals surface area contributed by atoms with Crippen LogP contribution < -0.4 is 4.90 Å². The van der Waals surface area contributed by atoms with E-state index >= 15 is 0 Å². The van der Waals surface area contributed by atoms with Crippen LogP contribution in [0.4, 0.5) is 5.69 Å². The first kappa shape index (κ1) is 21.8. The molecule has 3 rings (SSSR count). The van der Waals surface area contributed by atoms with Gasteiger partial charge in [-0.1, -0.05) is 29.3 Å². The van der Waals surface area contributed by atoms with Gasteiger partial charge in [0.15, 0.2) is 4.73 Å². The number of aromatic nitrogens is 3. The van der Waals surface area contributed by atoms with Gasteiger partial charge < -0.3 is 4.57 Å². The van der Waals surface area contributed by atoms with Crippen LogP contribution in [0.2, 0.25) is 10.0 Å². The van der Waals surface area contributed by atoms with Crippen LogP contribution in [-0.2, 0) is 4.79 Å². The molecule has 0 saturated heterocycles. The Bertz CT molecular complexity index is 1030. The average molecular weight is 496 g/mol. The van der Waals surface area contributed by atoms with Gasteiger partial charge in [0.2, 0.25) is 6.41 Å². The second-order valence-electron chi connectivity index (χ2n) is 7.06. The van der Waals surface area contributed by atoms with Crippen LogP contribution >= 0.6 is 39.1 Å². The highest BCUT2D eigenvalue weighted by molar-refractivity contribution is 9.10. The number of halogens is 3. The summed E-state index contributed by atoms with van der Waals surface area (Å²) in [6.07, 6.45) is 2.39. The Labute approximate surface area is 188 Å². The van der Waals surface area contributed by atoms with E-state index in [2.05, 4.69) is 44.3 Å². The zero-order valence-corrected chi connectivity index (χ0v) is 19.6. The number of hydrogen-bond donors (Lipinski definition) is 0. The number of imidazole rings is 1. The van der Waals surface area contributed by atoms with Gasteiger partial charge in [-0.15, -0.1) is 0 Å². The fourth-order valence-electron chi connectivity index (χ4n) is 3.42. The fourth-order valence-corrected chi connectivity index (χ4v) is 4.57. The summed E-state index contributed by atoms with van der Waals surface area (Å²) in [7, 11) is 0. The SMILES string of the molecule is Cc1ccc(Cl)cc1N(C=O)C(c1ccc(Cl)cn1)c1c(C)nc(Br)n1C(C)C. The Kier molecular flexibility index (Phi) is 6.66. The van der Waals surface area contributed by atoms with Crippen LogP contribution in [0.1, 0.15) is 48.6 Å². The number of rotatable bonds is 6. The molecule has 1 aromatic carbocycles. The molecule has 1 unspecified atom stereocenters. The number of carbonyl (C=O) groups excluding carboxylic acids is 1. The Morgan fingerprint density at radius 3 is 2.41 bits per heavy atom. The number of pyridine rings is 1. The molecule has 2 heterocycles. The molecule has 0 N–H and O–H groups in total. The Balaban J connectivity index is 2.31. The molecule has 0 radical (unpaired) electrons. The number of amides is 1. The van der Waals surface area contributed by atoms with Crippen molar-refractivity contribution in [3.05, 3.63) is 74.0 Å². The largest absolute Gasteiger partial charge is 0.318 e. The molecular weight excluding hydrogens is 475 g/mol. The van der Waals surface area contributed by atoms with Crippen LogP contribution in [0, 0.1) is 13.8 Å². The standard InChI is InChI=1S/C21H21BrCl2N4O/c1-12(2)28-19(14(4)26-21(28)22)20(17-8-7-16(24)10-25-17)27(11-29)18-9-15(23)6-5-13(18)3/h5-12,20H,1-4H3.